The molecule has 1 N–H and O–H groups in total. The molecule has 0 spiro atoms. The predicted octanol–water partition coefficient (Wildman–Crippen LogP) is 2.39. The molecule has 0 amide bonds. The molecule has 0 aliphatic rings. The van der Waals surface area contributed by atoms with Gasteiger partial charge in [0.05, 0.1) is 12.6 Å². The quantitative estimate of drug-likeness (QED) is 0.786. The summed E-state index contributed by atoms with van der Waals surface area (Å²) < 4.78 is 5.21. The highest BCUT2D eigenvalue weighted by Crippen LogP contribution is 2.23. The van der Waals surface area contributed by atoms with E-state index in [1.54, 1.807) is 13.4 Å². The highest BCUT2D eigenvalue weighted by Gasteiger charge is 2.04. The Balaban J connectivity index is 1.99. The van der Waals surface area contributed by atoms with Crippen molar-refractivity contribution in [3.63, 3.8) is 0 Å². The second-order valence-electron chi connectivity index (χ2n) is 5.04. The zero-order valence-corrected chi connectivity index (χ0v) is 12.4. The number of anilines is 1. The minimum Gasteiger partial charge on any atom is -0.497 e. The maximum atomic E-state index is 5.21. The van der Waals surface area contributed by atoms with E-state index in [0.29, 0.717) is 0 Å². The van der Waals surface area contributed by atoms with E-state index in [-0.39, 0.29) is 0 Å². The topological polar surface area (TPSA) is 50.3 Å². The Morgan fingerprint density at radius 1 is 1.20 bits per heavy atom. The second kappa shape index (κ2) is 7.05. The lowest BCUT2D eigenvalue weighted by Gasteiger charge is -2.11. The molecular weight excluding hydrogens is 252 g/mol. The minimum atomic E-state index is 0.813. The molecule has 1 aromatic carbocycles. The van der Waals surface area contributed by atoms with Gasteiger partial charge in [0, 0.05) is 18.0 Å². The second-order valence-corrected chi connectivity index (χ2v) is 5.04. The Kier molecular flexibility index (Phi) is 5.12. The molecule has 0 atom stereocenters. The fraction of sp³-hybridized carbons (Fsp3) is 0.467. The average Bonchev–Trinajstić information content (AvgIpc) is 2.46. The monoisotopic (exact) mass is 274 g/mol. The normalized spacial score (nSPS) is 11.0. The van der Waals surface area contributed by atoms with Crippen LogP contribution in [0.3, 0.4) is 0 Å². The van der Waals surface area contributed by atoms with E-state index >= 15 is 0 Å². The SMILES string of the molecule is COc1ccc2c(NCCCCN(C)C)ncnc2c1. The molecule has 0 aliphatic carbocycles. The smallest absolute Gasteiger partial charge is 0.137 e. The van der Waals surface area contributed by atoms with Crippen molar-refractivity contribution in [3.05, 3.63) is 24.5 Å². The van der Waals surface area contributed by atoms with Gasteiger partial charge >= 0.3 is 0 Å². The Bertz CT molecular complexity index is 557. The van der Waals surface area contributed by atoms with Crippen molar-refractivity contribution in [2.45, 2.75) is 12.8 Å². The van der Waals surface area contributed by atoms with Crippen molar-refractivity contribution in [1.29, 1.82) is 0 Å². The number of unbranched alkanes of at least 4 members (excludes halogenated alkanes) is 1. The molecule has 0 bridgehead atoms. The third-order valence-corrected chi connectivity index (χ3v) is 3.17. The molecule has 0 aliphatic heterocycles. The van der Waals surface area contributed by atoms with Gasteiger partial charge in [-0.15, -0.1) is 0 Å². The van der Waals surface area contributed by atoms with Crippen molar-refractivity contribution in [1.82, 2.24) is 14.9 Å². The molecule has 2 aromatic rings. The summed E-state index contributed by atoms with van der Waals surface area (Å²) >= 11 is 0. The van der Waals surface area contributed by atoms with Gasteiger partial charge in [-0.1, -0.05) is 0 Å². The summed E-state index contributed by atoms with van der Waals surface area (Å²) in [4.78, 5) is 10.8. The first-order valence-corrected chi connectivity index (χ1v) is 6.88. The largest absolute Gasteiger partial charge is 0.497 e. The van der Waals surface area contributed by atoms with Crippen molar-refractivity contribution >= 4 is 16.7 Å². The van der Waals surface area contributed by atoms with Crippen molar-refractivity contribution in [2.24, 2.45) is 0 Å². The Morgan fingerprint density at radius 3 is 2.80 bits per heavy atom. The van der Waals surface area contributed by atoms with Crippen LogP contribution >= 0.6 is 0 Å². The molecule has 108 valence electrons. The Hall–Kier alpha value is -1.88. The molecule has 0 fully saturated rings. The number of hydrogen-bond donors (Lipinski definition) is 1. The molecule has 1 heterocycles. The van der Waals surface area contributed by atoms with Gasteiger partial charge < -0.3 is 15.0 Å². The molecule has 0 radical (unpaired) electrons. The van der Waals surface area contributed by atoms with E-state index in [1.807, 2.05) is 18.2 Å². The number of nitrogens with one attached hydrogen (secondary N) is 1. The fourth-order valence-electron chi connectivity index (χ4n) is 2.06. The van der Waals surface area contributed by atoms with Crippen LogP contribution in [0.4, 0.5) is 5.82 Å². The van der Waals surface area contributed by atoms with E-state index in [9.17, 15) is 0 Å². The van der Waals surface area contributed by atoms with Crippen LogP contribution in [0.2, 0.25) is 0 Å². The number of ether oxygens (including phenoxy) is 1. The average molecular weight is 274 g/mol. The molecular formula is C15H22N4O. The number of benzene rings is 1. The number of hydrogen-bond acceptors (Lipinski definition) is 5. The van der Waals surface area contributed by atoms with Gasteiger partial charge in [-0.3, -0.25) is 0 Å². The molecule has 0 unspecified atom stereocenters. The lowest BCUT2D eigenvalue weighted by molar-refractivity contribution is 0.396. The fourth-order valence-corrected chi connectivity index (χ4v) is 2.06. The van der Waals surface area contributed by atoms with Crippen LogP contribution in [-0.2, 0) is 0 Å². The van der Waals surface area contributed by atoms with Gasteiger partial charge in [0.25, 0.3) is 0 Å². The minimum absolute atomic E-state index is 0.813. The molecule has 0 saturated heterocycles. The summed E-state index contributed by atoms with van der Waals surface area (Å²) in [5.41, 5.74) is 0.898. The summed E-state index contributed by atoms with van der Waals surface area (Å²) in [5.74, 6) is 1.70. The zero-order valence-electron chi connectivity index (χ0n) is 12.4. The van der Waals surface area contributed by atoms with E-state index < -0.39 is 0 Å². The highest BCUT2D eigenvalue weighted by molar-refractivity contribution is 5.89. The first kappa shape index (κ1) is 14.5. The predicted molar refractivity (Wildman–Crippen MR) is 82.4 cm³/mol. The van der Waals surface area contributed by atoms with Crippen LogP contribution < -0.4 is 10.1 Å². The van der Waals surface area contributed by atoms with Crippen molar-refractivity contribution in [2.75, 3.05) is 39.6 Å². The summed E-state index contributed by atoms with van der Waals surface area (Å²) in [5, 5.41) is 4.42. The third kappa shape index (κ3) is 3.81. The van der Waals surface area contributed by atoms with E-state index in [1.165, 1.54) is 6.42 Å². The standard InChI is InChI=1S/C15H22N4O/c1-19(2)9-5-4-8-16-15-13-7-6-12(20-3)10-14(13)17-11-18-15/h6-7,10-11H,4-5,8-9H2,1-3H3,(H,16,17,18). The molecule has 20 heavy (non-hydrogen) atoms. The molecule has 5 nitrogen and oxygen atoms in total. The van der Waals surface area contributed by atoms with Gasteiger partial charge in [-0.25, -0.2) is 9.97 Å². The van der Waals surface area contributed by atoms with Crippen LogP contribution in [-0.4, -0.2) is 49.2 Å². The molecule has 0 saturated carbocycles. The summed E-state index contributed by atoms with van der Waals surface area (Å²) in [6.07, 6.45) is 3.89. The first-order valence-electron chi connectivity index (χ1n) is 6.88. The van der Waals surface area contributed by atoms with Gasteiger partial charge in [0.1, 0.15) is 17.9 Å². The lowest BCUT2D eigenvalue weighted by Crippen LogP contribution is -2.14. The van der Waals surface area contributed by atoms with Gasteiger partial charge in [-0.2, -0.15) is 0 Å². The number of rotatable bonds is 7. The van der Waals surface area contributed by atoms with Crippen molar-refractivity contribution < 1.29 is 4.74 Å². The molecule has 2 rings (SSSR count). The van der Waals surface area contributed by atoms with E-state index in [4.69, 9.17) is 4.74 Å². The van der Waals surface area contributed by atoms with Gasteiger partial charge in [0.2, 0.25) is 0 Å². The van der Waals surface area contributed by atoms with E-state index in [2.05, 4.69) is 34.3 Å². The molecule has 5 heteroatoms. The van der Waals surface area contributed by atoms with Crippen LogP contribution in [0.15, 0.2) is 24.5 Å². The lowest BCUT2D eigenvalue weighted by atomic mass is 10.2. The van der Waals surface area contributed by atoms with Crippen LogP contribution in [0.25, 0.3) is 10.9 Å². The highest BCUT2D eigenvalue weighted by atomic mass is 16.5. The third-order valence-electron chi connectivity index (χ3n) is 3.17. The van der Waals surface area contributed by atoms with Crippen LogP contribution in [0.1, 0.15) is 12.8 Å². The Morgan fingerprint density at radius 2 is 2.05 bits per heavy atom. The maximum Gasteiger partial charge on any atom is 0.137 e. The van der Waals surface area contributed by atoms with E-state index in [0.717, 1.165) is 42.0 Å². The first-order chi connectivity index (χ1) is 9.70. The Labute approximate surface area is 120 Å². The summed E-state index contributed by atoms with van der Waals surface area (Å²) in [6, 6.07) is 5.85. The molecule has 1 aromatic heterocycles. The van der Waals surface area contributed by atoms with Crippen LogP contribution in [0.5, 0.6) is 5.75 Å². The number of fused-ring (bicyclic) bond motifs is 1. The van der Waals surface area contributed by atoms with Crippen molar-refractivity contribution in [3.8, 4) is 5.75 Å². The number of aromatic nitrogens is 2. The maximum absolute atomic E-state index is 5.21. The van der Waals surface area contributed by atoms with Crippen LogP contribution in [0, 0.1) is 0 Å². The summed E-state index contributed by atoms with van der Waals surface area (Å²) in [7, 11) is 5.85. The number of methoxy groups -OCH3 is 1. The summed E-state index contributed by atoms with van der Waals surface area (Å²) in [6.45, 7) is 2.04. The van der Waals surface area contributed by atoms with Gasteiger partial charge in [-0.05, 0) is 45.6 Å². The number of nitrogens with zero attached hydrogens (tertiary/aromatic N) is 3. The van der Waals surface area contributed by atoms with Gasteiger partial charge in [0.15, 0.2) is 0 Å². The zero-order chi connectivity index (χ0) is 14.4.